The van der Waals surface area contributed by atoms with E-state index in [1.807, 2.05) is 36.4 Å². The average Bonchev–Trinajstić information content (AvgIpc) is 3.05. The van der Waals surface area contributed by atoms with E-state index in [1.54, 1.807) is 0 Å². The molecule has 3 aromatic heterocycles. The SMILES string of the molecule is CCCCOc1cc2c(cc1OCCCC)-c1nc-2nc2nc(nc3[nH]c(nc4[nH]c(n1)c1cc(OCCCC)c(OCCCC)cc41)c1cc(OCCCC)c(OCCCC)cc31)-c1cc(C#C[Si](C)(C)C)c(C#C[Si](C)(C)C)cc1-2. The smallest absolute Gasteiger partial charge is 0.164 e. The normalized spacial score (nSPS) is 11.9. The van der Waals surface area contributed by atoms with E-state index >= 15 is 0 Å². The second-order valence-corrected chi connectivity index (χ2v) is 32.8. The van der Waals surface area contributed by atoms with E-state index in [1.165, 1.54) is 0 Å². The standard InChI is InChI=1S/C66H82N8O6Si2/c1-13-19-27-75-53-37-47-49(39-55(53)77-29-21-15-3)63-70-61(47)68-59-45-35-43(25-33-81(7,8)9)44(26-34-82(10,11)12)36-46(45)60(67-59)69-62-48-38-54(76-28-20-14-2)56(78-30-22-16-4)40-50(48)64(71-62)73-66-52-42-58(80-32-24-18-6)57(79-31-23-17-5)41-51(52)65(72-63)74-66/h35-42H,13-24,27-32H2,1-12H3,(H2,67,68,69,70,71,72,73,74). The average molecular weight is 1140 g/mol. The van der Waals surface area contributed by atoms with Crippen molar-refractivity contribution in [1.29, 1.82) is 0 Å². The van der Waals surface area contributed by atoms with Crippen LogP contribution >= 0.6 is 0 Å². The second kappa shape index (κ2) is 26.7. The summed E-state index contributed by atoms with van der Waals surface area (Å²) in [6.07, 6.45) is 11.2. The van der Waals surface area contributed by atoms with E-state index < -0.39 is 16.1 Å². The number of hydrogen-bond acceptors (Lipinski definition) is 12. The summed E-state index contributed by atoms with van der Waals surface area (Å²) in [7, 11) is -3.67. The minimum atomic E-state index is -1.84. The van der Waals surface area contributed by atoms with E-state index in [9.17, 15) is 0 Å². The number of fused-ring (bicyclic) bond motifs is 20. The molecule has 0 radical (unpaired) electrons. The van der Waals surface area contributed by atoms with Gasteiger partial charge in [-0.2, -0.15) is 0 Å². The lowest BCUT2D eigenvalue weighted by atomic mass is 9.99. The molecule has 0 atom stereocenters. The van der Waals surface area contributed by atoms with Crippen molar-refractivity contribution in [2.24, 2.45) is 0 Å². The van der Waals surface area contributed by atoms with Crippen molar-refractivity contribution in [3.8, 4) is 103 Å². The number of hydrogen-bond donors (Lipinski definition) is 2. The summed E-state index contributed by atoms with van der Waals surface area (Å²) < 4.78 is 39.3. The summed E-state index contributed by atoms with van der Waals surface area (Å²) in [5.74, 6) is 12.6. The zero-order chi connectivity index (χ0) is 58.0. The highest BCUT2D eigenvalue weighted by atomic mass is 28.3. The number of nitrogens with zero attached hydrogens (tertiary/aromatic N) is 6. The quantitative estimate of drug-likeness (QED) is 0.0335. The molecule has 8 bridgehead atoms. The molecule has 0 amide bonds. The van der Waals surface area contributed by atoms with Gasteiger partial charge in [0.1, 0.15) is 38.7 Å². The maximum atomic E-state index is 6.55. The van der Waals surface area contributed by atoms with Gasteiger partial charge in [0.25, 0.3) is 0 Å². The van der Waals surface area contributed by atoms with Crippen LogP contribution in [0.2, 0.25) is 39.3 Å². The molecule has 16 heteroatoms. The maximum Gasteiger partial charge on any atom is 0.164 e. The van der Waals surface area contributed by atoms with Gasteiger partial charge in [-0.05, 0) is 87.1 Å². The van der Waals surface area contributed by atoms with Crippen LogP contribution in [-0.4, -0.2) is 95.7 Å². The Morgan fingerprint density at radius 3 is 0.841 bits per heavy atom. The molecule has 2 aliphatic rings. The Balaban J connectivity index is 1.45. The summed E-state index contributed by atoms with van der Waals surface area (Å²) >= 11 is 0. The summed E-state index contributed by atoms with van der Waals surface area (Å²) in [6.45, 7) is 29.6. The monoisotopic (exact) mass is 1140 g/mol. The Bertz CT molecular complexity index is 3760. The molecule has 0 unspecified atom stereocenters. The second-order valence-electron chi connectivity index (χ2n) is 23.3. The number of rotatable bonds is 24. The predicted molar refractivity (Wildman–Crippen MR) is 339 cm³/mol. The first kappa shape index (κ1) is 59.2. The lowest BCUT2D eigenvalue weighted by Gasteiger charge is -2.14. The first-order chi connectivity index (χ1) is 39.6. The van der Waals surface area contributed by atoms with Gasteiger partial charge in [-0.1, -0.05) is 131 Å². The molecule has 0 aliphatic carbocycles. The van der Waals surface area contributed by atoms with E-state index in [4.69, 9.17) is 58.3 Å². The molecular formula is C66H82N8O6Si2. The highest BCUT2D eigenvalue weighted by Gasteiger charge is 2.28. The predicted octanol–water partition coefficient (Wildman–Crippen LogP) is 16.4. The first-order valence-electron chi connectivity index (χ1n) is 30.0. The highest BCUT2D eigenvalue weighted by molar-refractivity contribution is 6.84. The summed E-state index contributed by atoms with van der Waals surface area (Å²) in [5, 5.41) is 3.11. The van der Waals surface area contributed by atoms with Crippen LogP contribution in [0.15, 0.2) is 48.5 Å². The highest BCUT2D eigenvalue weighted by Crippen LogP contribution is 2.45. The van der Waals surface area contributed by atoms with E-state index in [-0.39, 0.29) is 0 Å². The zero-order valence-electron chi connectivity index (χ0n) is 50.5. The van der Waals surface area contributed by atoms with Gasteiger partial charge in [0.15, 0.2) is 57.8 Å². The van der Waals surface area contributed by atoms with E-state index in [0.29, 0.717) is 120 Å². The Morgan fingerprint density at radius 2 is 0.573 bits per heavy atom. The molecule has 0 fully saturated rings. The topological polar surface area (TPSA) is 164 Å². The van der Waals surface area contributed by atoms with Crippen LogP contribution in [-0.2, 0) is 0 Å². The number of benzene rings is 4. The minimum Gasteiger partial charge on any atom is -0.490 e. The number of H-pyrrole nitrogens is 2. The van der Waals surface area contributed by atoms with Gasteiger partial charge >= 0.3 is 0 Å². The third-order valence-electron chi connectivity index (χ3n) is 13.8. The molecule has 0 spiro atoms. The van der Waals surface area contributed by atoms with Crippen molar-refractivity contribution in [2.75, 3.05) is 39.6 Å². The number of nitrogens with one attached hydrogen (secondary N) is 2. The number of aromatic nitrogens is 8. The van der Waals surface area contributed by atoms with Crippen LogP contribution < -0.4 is 28.4 Å². The third kappa shape index (κ3) is 14.1. The Morgan fingerprint density at radius 1 is 0.329 bits per heavy atom. The van der Waals surface area contributed by atoms with Crippen LogP contribution in [0.5, 0.6) is 34.5 Å². The van der Waals surface area contributed by atoms with Gasteiger partial charge in [-0.3, -0.25) is 0 Å². The van der Waals surface area contributed by atoms with Crippen molar-refractivity contribution < 1.29 is 28.4 Å². The molecule has 0 saturated heterocycles. The van der Waals surface area contributed by atoms with Crippen molar-refractivity contribution in [3.63, 3.8) is 0 Å². The van der Waals surface area contributed by atoms with Crippen LogP contribution in [0.3, 0.4) is 0 Å². The largest absolute Gasteiger partial charge is 0.490 e. The number of ether oxygens (including phenoxy) is 6. The molecular weight excluding hydrogens is 1060 g/mol. The van der Waals surface area contributed by atoms with Crippen molar-refractivity contribution in [3.05, 3.63) is 59.7 Å². The molecule has 2 N–H and O–H groups in total. The van der Waals surface area contributed by atoms with Crippen LogP contribution in [0.1, 0.15) is 130 Å². The summed E-state index contributed by atoms with van der Waals surface area (Å²) in [5.41, 5.74) is 14.0. The summed E-state index contributed by atoms with van der Waals surface area (Å²) in [4.78, 5) is 39.9. The first-order valence-corrected chi connectivity index (χ1v) is 37.0. The van der Waals surface area contributed by atoms with Gasteiger partial charge in [0.2, 0.25) is 0 Å². The molecule has 430 valence electrons. The molecule has 4 aromatic carbocycles. The van der Waals surface area contributed by atoms with Crippen molar-refractivity contribution in [2.45, 2.75) is 158 Å². The lowest BCUT2D eigenvalue weighted by Crippen LogP contribution is -2.17. The molecule has 7 aromatic rings. The fraction of sp³-hybridized carbons (Fsp3) is 0.455. The van der Waals surface area contributed by atoms with Crippen LogP contribution in [0.25, 0.3) is 89.7 Å². The molecule has 2 aliphatic heterocycles. The van der Waals surface area contributed by atoms with Gasteiger partial charge in [-0.15, -0.1) is 11.1 Å². The van der Waals surface area contributed by atoms with Gasteiger partial charge in [0.05, 0.1) is 39.6 Å². The molecule has 0 saturated carbocycles. The van der Waals surface area contributed by atoms with Gasteiger partial charge < -0.3 is 38.4 Å². The minimum absolute atomic E-state index is 0.414. The fourth-order valence-corrected chi connectivity index (χ4v) is 10.2. The Labute approximate surface area is 486 Å². The summed E-state index contributed by atoms with van der Waals surface area (Å²) in [6, 6.07) is 16.3. The number of aromatic amines is 2. The zero-order valence-corrected chi connectivity index (χ0v) is 52.5. The third-order valence-corrected chi connectivity index (χ3v) is 15.6. The molecule has 82 heavy (non-hydrogen) atoms. The Hall–Kier alpha value is -7.41. The number of unbranched alkanes of at least 4 members (excludes halogenated alkanes) is 6. The van der Waals surface area contributed by atoms with Crippen molar-refractivity contribution in [1.82, 2.24) is 39.9 Å². The van der Waals surface area contributed by atoms with Gasteiger partial charge in [-0.25, -0.2) is 29.9 Å². The molecule has 5 heterocycles. The van der Waals surface area contributed by atoms with Crippen molar-refractivity contribution >= 4 is 60.3 Å². The van der Waals surface area contributed by atoms with Gasteiger partial charge in [0, 0.05) is 54.9 Å². The Kier molecular flexibility index (Phi) is 19.3. The lowest BCUT2D eigenvalue weighted by molar-refractivity contribution is 0.262. The van der Waals surface area contributed by atoms with E-state index in [0.717, 1.165) is 132 Å². The molecule has 9 rings (SSSR count). The molecule has 14 nitrogen and oxygen atoms in total. The van der Waals surface area contributed by atoms with Crippen LogP contribution in [0.4, 0.5) is 0 Å². The fourth-order valence-electron chi connectivity index (χ4n) is 9.21. The maximum absolute atomic E-state index is 6.55. The van der Waals surface area contributed by atoms with E-state index in [2.05, 4.69) is 126 Å². The van der Waals surface area contributed by atoms with Crippen LogP contribution in [0, 0.1) is 22.9 Å².